The minimum Gasteiger partial charge on any atom is -0.507 e. The van der Waals surface area contributed by atoms with E-state index in [0.29, 0.717) is 11.3 Å². The lowest BCUT2D eigenvalue weighted by Crippen LogP contribution is -2.29. The minimum atomic E-state index is -1.15. The Morgan fingerprint density at radius 2 is 1.76 bits per heavy atom. The number of ether oxygens (including phenoxy) is 2. The Hall–Kier alpha value is -3.91. The summed E-state index contributed by atoms with van der Waals surface area (Å²) < 4.78 is 38.3. The summed E-state index contributed by atoms with van der Waals surface area (Å²) in [5, 5.41) is 10.9. The number of aliphatic hydroxyl groups is 1. The molecule has 4 rings (SSSR count). The van der Waals surface area contributed by atoms with Gasteiger partial charge in [0.2, 0.25) is 0 Å². The van der Waals surface area contributed by atoms with Crippen LogP contribution in [0.5, 0.6) is 11.5 Å². The van der Waals surface area contributed by atoms with Gasteiger partial charge in [-0.1, -0.05) is 23.7 Å². The van der Waals surface area contributed by atoms with Crippen LogP contribution in [0.4, 0.5) is 14.5 Å². The number of hydrogen-bond donors (Lipinski definition) is 1. The Balaban J connectivity index is 2.01. The van der Waals surface area contributed by atoms with Crippen LogP contribution in [0.3, 0.4) is 0 Å². The molecule has 0 aromatic heterocycles. The molecule has 1 atom stereocenters. The van der Waals surface area contributed by atoms with Crippen LogP contribution in [0.15, 0.2) is 66.2 Å². The maximum atomic E-state index is 14.0. The number of nitrogens with zero attached hydrogens (tertiary/aromatic N) is 1. The van der Waals surface area contributed by atoms with Crippen LogP contribution in [-0.4, -0.2) is 31.0 Å². The van der Waals surface area contributed by atoms with Gasteiger partial charge in [0.1, 0.15) is 28.9 Å². The van der Waals surface area contributed by atoms with E-state index in [1.165, 1.54) is 32.4 Å². The molecule has 1 saturated heterocycles. The fraction of sp³-hybridized carbons (Fsp3) is 0.120. The standard InChI is InChI=1S/C25H18ClF2NO5/c1-33-16-5-3-4-13(10-16)22-21(23(30)17-11-14(27)6-9-20(17)34-2)24(31)25(32)29(22)15-7-8-19(28)18(26)12-15/h3-12,22,30H,1-2H3/b23-21+. The fourth-order valence-electron chi connectivity index (χ4n) is 3.87. The first-order chi connectivity index (χ1) is 16.3. The molecule has 0 saturated carbocycles. The third-order valence-electron chi connectivity index (χ3n) is 5.45. The van der Waals surface area contributed by atoms with Crippen LogP contribution in [0.1, 0.15) is 17.2 Å². The van der Waals surface area contributed by atoms with Gasteiger partial charge in [-0.15, -0.1) is 0 Å². The molecule has 1 fully saturated rings. The number of aliphatic hydroxyl groups excluding tert-OH is 1. The molecule has 34 heavy (non-hydrogen) atoms. The van der Waals surface area contributed by atoms with Crippen LogP contribution in [0.25, 0.3) is 5.76 Å². The zero-order valence-corrected chi connectivity index (χ0v) is 18.8. The molecule has 6 nitrogen and oxygen atoms in total. The molecule has 0 spiro atoms. The second-order valence-electron chi connectivity index (χ2n) is 7.39. The molecule has 1 heterocycles. The van der Waals surface area contributed by atoms with Crippen molar-refractivity contribution in [2.75, 3.05) is 19.1 Å². The first-order valence-electron chi connectivity index (χ1n) is 10.0. The van der Waals surface area contributed by atoms with Crippen molar-refractivity contribution in [3.8, 4) is 11.5 Å². The van der Waals surface area contributed by atoms with Gasteiger partial charge in [-0.25, -0.2) is 8.78 Å². The third-order valence-corrected chi connectivity index (χ3v) is 5.74. The average molecular weight is 486 g/mol. The predicted octanol–water partition coefficient (Wildman–Crippen LogP) is 5.26. The topological polar surface area (TPSA) is 76.1 Å². The summed E-state index contributed by atoms with van der Waals surface area (Å²) in [6, 6.07) is 12.4. The highest BCUT2D eigenvalue weighted by atomic mass is 35.5. The van der Waals surface area contributed by atoms with Crippen molar-refractivity contribution in [1.29, 1.82) is 0 Å². The molecule has 174 valence electrons. The molecular weight excluding hydrogens is 468 g/mol. The molecular formula is C25H18ClF2NO5. The highest BCUT2D eigenvalue weighted by molar-refractivity contribution is 6.51. The number of carbonyl (C=O) groups is 2. The summed E-state index contributed by atoms with van der Waals surface area (Å²) in [5.74, 6) is -3.48. The summed E-state index contributed by atoms with van der Waals surface area (Å²) in [7, 11) is 2.77. The summed E-state index contributed by atoms with van der Waals surface area (Å²) in [4.78, 5) is 27.5. The highest BCUT2D eigenvalue weighted by Crippen LogP contribution is 2.44. The molecule has 0 radical (unpaired) electrons. The molecule has 1 unspecified atom stereocenters. The number of methoxy groups -OCH3 is 2. The van der Waals surface area contributed by atoms with Gasteiger partial charge in [0, 0.05) is 5.69 Å². The van der Waals surface area contributed by atoms with Crippen molar-refractivity contribution in [3.63, 3.8) is 0 Å². The van der Waals surface area contributed by atoms with E-state index in [0.717, 1.165) is 23.1 Å². The van der Waals surface area contributed by atoms with Crippen molar-refractivity contribution in [2.45, 2.75) is 6.04 Å². The molecule has 1 amide bonds. The Bertz CT molecular complexity index is 1340. The number of amides is 1. The second kappa shape index (κ2) is 9.15. The molecule has 9 heteroatoms. The van der Waals surface area contributed by atoms with E-state index in [-0.39, 0.29) is 27.6 Å². The normalized spacial score (nSPS) is 17.2. The van der Waals surface area contributed by atoms with E-state index >= 15 is 0 Å². The summed E-state index contributed by atoms with van der Waals surface area (Å²) >= 11 is 5.93. The van der Waals surface area contributed by atoms with Crippen LogP contribution in [0, 0.1) is 11.6 Å². The largest absolute Gasteiger partial charge is 0.507 e. The van der Waals surface area contributed by atoms with Crippen LogP contribution >= 0.6 is 11.6 Å². The lowest BCUT2D eigenvalue weighted by Gasteiger charge is -2.26. The number of anilines is 1. The van der Waals surface area contributed by atoms with Gasteiger partial charge in [0.05, 0.1) is 36.4 Å². The van der Waals surface area contributed by atoms with Crippen molar-refractivity contribution < 1.29 is 33.0 Å². The lowest BCUT2D eigenvalue weighted by molar-refractivity contribution is -0.132. The number of rotatable bonds is 5. The van der Waals surface area contributed by atoms with E-state index in [1.54, 1.807) is 24.3 Å². The monoisotopic (exact) mass is 485 g/mol. The number of benzene rings is 3. The number of hydrogen-bond acceptors (Lipinski definition) is 5. The molecule has 3 aromatic rings. The first kappa shape index (κ1) is 23.3. The Kier molecular flexibility index (Phi) is 6.26. The van der Waals surface area contributed by atoms with E-state index in [2.05, 4.69) is 0 Å². The van der Waals surface area contributed by atoms with Gasteiger partial charge in [0.25, 0.3) is 11.7 Å². The van der Waals surface area contributed by atoms with Crippen molar-refractivity contribution >= 4 is 34.7 Å². The minimum absolute atomic E-state index is 0.0966. The smallest absolute Gasteiger partial charge is 0.300 e. The second-order valence-corrected chi connectivity index (χ2v) is 7.80. The molecule has 3 aromatic carbocycles. The van der Waals surface area contributed by atoms with Crippen LogP contribution in [0.2, 0.25) is 5.02 Å². The van der Waals surface area contributed by atoms with Crippen LogP contribution in [-0.2, 0) is 9.59 Å². The van der Waals surface area contributed by atoms with Gasteiger partial charge >= 0.3 is 0 Å². The van der Waals surface area contributed by atoms with E-state index < -0.39 is 35.1 Å². The Labute approximate surface area is 198 Å². The van der Waals surface area contributed by atoms with E-state index in [4.69, 9.17) is 21.1 Å². The zero-order valence-electron chi connectivity index (χ0n) is 18.0. The predicted molar refractivity (Wildman–Crippen MR) is 122 cm³/mol. The molecule has 1 aliphatic rings. The lowest BCUT2D eigenvalue weighted by atomic mass is 9.94. The van der Waals surface area contributed by atoms with Gasteiger partial charge in [-0.3, -0.25) is 14.5 Å². The van der Waals surface area contributed by atoms with Gasteiger partial charge in [-0.2, -0.15) is 0 Å². The maximum Gasteiger partial charge on any atom is 0.300 e. The highest BCUT2D eigenvalue weighted by Gasteiger charge is 2.47. The van der Waals surface area contributed by atoms with Crippen molar-refractivity contribution in [3.05, 3.63) is 94.0 Å². The van der Waals surface area contributed by atoms with Gasteiger partial charge in [0.15, 0.2) is 0 Å². The third kappa shape index (κ3) is 3.97. The average Bonchev–Trinajstić information content (AvgIpc) is 3.10. The molecule has 1 N–H and O–H groups in total. The van der Waals surface area contributed by atoms with Crippen molar-refractivity contribution in [1.82, 2.24) is 0 Å². The number of ketones is 1. The van der Waals surface area contributed by atoms with Gasteiger partial charge in [-0.05, 0) is 54.1 Å². The zero-order chi connectivity index (χ0) is 24.6. The SMILES string of the molecule is COc1cccc(C2/C(=C(\O)c3cc(F)ccc3OC)C(=O)C(=O)N2c2ccc(F)c(Cl)c2)c1. The Morgan fingerprint density at radius 3 is 2.44 bits per heavy atom. The summed E-state index contributed by atoms with van der Waals surface area (Å²) in [6.45, 7) is 0. The molecule has 1 aliphatic heterocycles. The number of carbonyl (C=O) groups excluding carboxylic acids is 2. The fourth-order valence-corrected chi connectivity index (χ4v) is 4.05. The van der Waals surface area contributed by atoms with E-state index in [9.17, 15) is 23.5 Å². The van der Waals surface area contributed by atoms with Crippen molar-refractivity contribution in [2.24, 2.45) is 0 Å². The Morgan fingerprint density at radius 1 is 1.00 bits per heavy atom. The summed E-state index contributed by atoms with van der Waals surface area (Å²) in [6.07, 6.45) is 0. The number of Topliss-reactive ketones (excluding diaryl/α,β-unsaturated/α-hetero) is 1. The quantitative estimate of drug-likeness (QED) is 0.303. The maximum absolute atomic E-state index is 14.0. The first-order valence-corrected chi connectivity index (χ1v) is 10.4. The van der Waals surface area contributed by atoms with Crippen LogP contribution < -0.4 is 14.4 Å². The molecule has 0 bridgehead atoms. The number of halogens is 3. The molecule has 0 aliphatic carbocycles. The summed E-state index contributed by atoms with van der Waals surface area (Å²) in [5.41, 5.74) is 0.135. The van der Waals surface area contributed by atoms with Gasteiger partial charge < -0.3 is 14.6 Å². The van der Waals surface area contributed by atoms with E-state index in [1.807, 2.05) is 0 Å².